The van der Waals surface area contributed by atoms with Crippen molar-refractivity contribution in [2.75, 3.05) is 19.7 Å². The van der Waals surface area contributed by atoms with Crippen molar-refractivity contribution in [3.8, 4) is 5.88 Å². The summed E-state index contributed by atoms with van der Waals surface area (Å²) in [6.45, 7) is 7.98. The molecular formula is C20H33IN6O2. The molecule has 0 radical (unpaired) electrons. The van der Waals surface area contributed by atoms with Crippen molar-refractivity contribution in [1.82, 2.24) is 25.4 Å². The summed E-state index contributed by atoms with van der Waals surface area (Å²) in [5, 5.41) is 21.3. The second kappa shape index (κ2) is 12.6. The molecule has 0 fully saturated rings. The predicted molar refractivity (Wildman–Crippen MR) is 126 cm³/mol. The molecule has 0 aliphatic heterocycles. The lowest BCUT2D eigenvalue weighted by Gasteiger charge is -2.23. The largest absolute Gasteiger partial charge is 0.477 e. The van der Waals surface area contributed by atoms with Crippen molar-refractivity contribution in [3.05, 3.63) is 41.9 Å². The summed E-state index contributed by atoms with van der Waals surface area (Å²) in [5.74, 6) is 1.24. The highest BCUT2D eigenvalue weighted by atomic mass is 127. The minimum Gasteiger partial charge on any atom is -0.477 e. The lowest BCUT2D eigenvalue weighted by Crippen LogP contribution is -2.44. The lowest BCUT2D eigenvalue weighted by atomic mass is 10.00. The summed E-state index contributed by atoms with van der Waals surface area (Å²) >= 11 is 0. The van der Waals surface area contributed by atoms with E-state index in [1.54, 1.807) is 30.2 Å². The Morgan fingerprint density at radius 3 is 2.79 bits per heavy atom. The van der Waals surface area contributed by atoms with Crippen molar-refractivity contribution in [2.45, 2.75) is 45.8 Å². The second-order valence-electron chi connectivity index (χ2n) is 6.89. The summed E-state index contributed by atoms with van der Waals surface area (Å²) in [6, 6.07) is 3.85. The molecule has 0 saturated heterocycles. The Balaban J connectivity index is 0.00000420. The second-order valence-corrected chi connectivity index (χ2v) is 6.89. The van der Waals surface area contributed by atoms with E-state index in [9.17, 15) is 5.11 Å². The number of unbranched alkanes of at least 4 members (excludes halogenated alkanes) is 1. The first-order chi connectivity index (χ1) is 13.5. The van der Waals surface area contributed by atoms with E-state index in [4.69, 9.17) is 4.74 Å². The molecule has 2 aromatic rings. The number of nitrogens with zero attached hydrogens (tertiary/aromatic N) is 4. The number of hydrogen-bond acceptors (Lipinski definition) is 5. The van der Waals surface area contributed by atoms with Crippen LogP contribution in [0.3, 0.4) is 0 Å². The molecule has 3 N–H and O–H groups in total. The van der Waals surface area contributed by atoms with Crippen molar-refractivity contribution >= 4 is 29.9 Å². The van der Waals surface area contributed by atoms with Crippen LogP contribution in [0.5, 0.6) is 5.88 Å². The van der Waals surface area contributed by atoms with E-state index in [1.807, 2.05) is 26.1 Å². The molecule has 0 aromatic carbocycles. The van der Waals surface area contributed by atoms with Gasteiger partial charge < -0.3 is 20.5 Å². The van der Waals surface area contributed by atoms with Crippen LogP contribution >= 0.6 is 24.0 Å². The third kappa shape index (κ3) is 8.17. The molecular weight excluding hydrogens is 483 g/mol. The van der Waals surface area contributed by atoms with Gasteiger partial charge in [-0.15, -0.1) is 24.0 Å². The van der Waals surface area contributed by atoms with Crippen molar-refractivity contribution in [1.29, 1.82) is 0 Å². The van der Waals surface area contributed by atoms with Crippen molar-refractivity contribution in [3.63, 3.8) is 0 Å². The molecule has 9 heteroatoms. The van der Waals surface area contributed by atoms with E-state index in [0.717, 1.165) is 24.0 Å². The topological polar surface area (TPSA) is 96.6 Å². The van der Waals surface area contributed by atoms with Gasteiger partial charge in [0.2, 0.25) is 5.88 Å². The Hall–Kier alpha value is -1.88. The van der Waals surface area contributed by atoms with E-state index in [2.05, 4.69) is 32.6 Å². The third-order valence-electron chi connectivity index (χ3n) is 4.27. The Kier molecular flexibility index (Phi) is 11.0. The number of guanidine groups is 1. The smallest absolute Gasteiger partial charge is 0.218 e. The fourth-order valence-corrected chi connectivity index (χ4v) is 2.55. The summed E-state index contributed by atoms with van der Waals surface area (Å²) in [6.07, 6.45) is 7.27. The number of aromatic nitrogens is 3. The maximum absolute atomic E-state index is 10.7. The van der Waals surface area contributed by atoms with Gasteiger partial charge in [0.25, 0.3) is 0 Å². The van der Waals surface area contributed by atoms with Crippen LogP contribution in [0, 0.1) is 0 Å². The quantitative estimate of drug-likeness (QED) is 0.195. The molecule has 8 nitrogen and oxygen atoms in total. The zero-order valence-electron chi connectivity index (χ0n) is 17.7. The molecule has 0 spiro atoms. The Labute approximate surface area is 190 Å². The van der Waals surface area contributed by atoms with Crippen LogP contribution < -0.4 is 15.4 Å². The lowest BCUT2D eigenvalue weighted by molar-refractivity contribution is 0.0616. The van der Waals surface area contributed by atoms with Gasteiger partial charge in [-0.2, -0.15) is 5.10 Å². The number of rotatable bonds is 10. The fraction of sp³-hybridized carbons (Fsp3) is 0.550. The van der Waals surface area contributed by atoms with E-state index >= 15 is 0 Å². The number of aliphatic hydroxyl groups is 1. The molecule has 0 bridgehead atoms. The average molecular weight is 516 g/mol. The number of pyridine rings is 1. The first-order valence-corrected chi connectivity index (χ1v) is 9.76. The molecule has 2 heterocycles. The monoisotopic (exact) mass is 516 g/mol. The zero-order chi connectivity index (χ0) is 20.4. The molecule has 2 aromatic heterocycles. The van der Waals surface area contributed by atoms with Crippen LogP contribution in [-0.2, 0) is 19.2 Å². The Bertz CT molecular complexity index is 763. The van der Waals surface area contributed by atoms with Crippen LogP contribution in [-0.4, -0.2) is 45.5 Å². The van der Waals surface area contributed by atoms with Gasteiger partial charge in [0.1, 0.15) is 5.60 Å². The summed E-state index contributed by atoms with van der Waals surface area (Å²) in [7, 11) is 1.83. The highest BCUT2D eigenvalue weighted by Crippen LogP contribution is 2.19. The number of aliphatic imine (C=N–C) groups is 1. The minimum absolute atomic E-state index is 0. The molecule has 1 atom stereocenters. The van der Waals surface area contributed by atoms with Gasteiger partial charge in [-0.3, -0.25) is 4.68 Å². The van der Waals surface area contributed by atoms with Crippen LogP contribution in [0.4, 0.5) is 0 Å². The number of nitrogens with one attached hydrogen (secondary N) is 2. The van der Waals surface area contributed by atoms with Gasteiger partial charge in [-0.1, -0.05) is 19.4 Å². The van der Waals surface area contributed by atoms with Gasteiger partial charge >= 0.3 is 0 Å². The highest BCUT2D eigenvalue weighted by molar-refractivity contribution is 14.0. The van der Waals surface area contributed by atoms with Gasteiger partial charge in [-0.05, 0) is 26.3 Å². The van der Waals surface area contributed by atoms with Crippen LogP contribution in [0.15, 0.2) is 35.7 Å². The Morgan fingerprint density at radius 1 is 1.34 bits per heavy atom. The van der Waals surface area contributed by atoms with Crippen molar-refractivity contribution in [2.24, 2.45) is 12.0 Å². The average Bonchev–Trinajstić information content (AvgIpc) is 3.12. The highest BCUT2D eigenvalue weighted by Gasteiger charge is 2.25. The molecule has 0 saturated carbocycles. The number of aryl methyl sites for hydroxylation is 1. The van der Waals surface area contributed by atoms with E-state index < -0.39 is 5.60 Å². The Morgan fingerprint density at radius 2 is 2.14 bits per heavy atom. The summed E-state index contributed by atoms with van der Waals surface area (Å²) in [4.78, 5) is 8.94. The van der Waals surface area contributed by atoms with E-state index in [0.29, 0.717) is 38.1 Å². The molecule has 162 valence electrons. The zero-order valence-corrected chi connectivity index (χ0v) is 20.0. The van der Waals surface area contributed by atoms with Crippen LogP contribution in [0.2, 0.25) is 0 Å². The van der Waals surface area contributed by atoms with Crippen LogP contribution in [0.25, 0.3) is 0 Å². The molecule has 1 unspecified atom stereocenters. The summed E-state index contributed by atoms with van der Waals surface area (Å²) in [5.41, 5.74) is 0.611. The number of ether oxygens (including phenoxy) is 1. The fourth-order valence-electron chi connectivity index (χ4n) is 2.55. The van der Waals surface area contributed by atoms with Crippen molar-refractivity contribution < 1.29 is 9.84 Å². The van der Waals surface area contributed by atoms with Crippen LogP contribution in [0.1, 0.15) is 44.7 Å². The first-order valence-electron chi connectivity index (χ1n) is 9.76. The molecule has 0 amide bonds. The summed E-state index contributed by atoms with van der Waals surface area (Å²) < 4.78 is 7.45. The van der Waals surface area contributed by atoms with Gasteiger partial charge in [0, 0.05) is 37.1 Å². The first kappa shape index (κ1) is 25.2. The standard InChI is InChI=1S/C20H32N6O2.HI/c1-5-7-11-28-18-16(9-8-10-22-18)12-23-19(21-6-2)24-15-20(3,27)17-13-25-26(4)14-17;/h8-10,13-14,27H,5-7,11-12,15H2,1-4H3,(H2,21,23,24);1H. The van der Waals surface area contributed by atoms with E-state index in [1.165, 1.54) is 0 Å². The predicted octanol–water partition coefficient (Wildman–Crippen LogP) is 2.57. The molecule has 0 aliphatic rings. The maximum atomic E-state index is 10.7. The van der Waals surface area contributed by atoms with E-state index in [-0.39, 0.29) is 24.0 Å². The molecule has 2 rings (SSSR count). The SMILES string of the molecule is CCCCOc1ncccc1CN=C(NCC)NCC(C)(O)c1cnn(C)c1.I. The normalized spacial score (nSPS) is 13.3. The number of halogens is 1. The number of hydrogen-bond donors (Lipinski definition) is 3. The molecule has 0 aliphatic carbocycles. The van der Waals surface area contributed by atoms with Gasteiger partial charge in [-0.25, -0.2) is 9.98 Å². The van der Waals surface area contributed by atoms with Gasteiger partial charge in [0.15, 0.2) is 5.96 Å². The maximum Gasteiger partial charge on any atom is 0.218 e. The van der Waals surface area contributed by atoms with Gasteiger partial charge in [0.05, 0.1) is 25.9 Å². The minimum atomic E-state index is -1.06. The molecule has 29 heavy (non-hydrogen) atoms. The third-order valence-corrected chi connectivity index (χ3v) is 4.27.